The maximum atomic E-state index is 12.2. The van der Waals surface area contributed by atoms with Gasteiger partial charge in [-0.3, -0.25) is 14.7 Å². The predicted molar refractivity (Wildman–Crippen MR) is 121 cm³/mol. The van der Waals surface area contributed by atoms with Crippen LogP contribution in [0.5, 0.6) is 0 Å². The summed E-state index contributed by atoms with van der Waals surface area (Å²) in [5.74, 6) is 0.542. The lowest BCUT2D eigenvalue weighted by Gasteiger charge is -2.31. The number of piperidine rings is 1. The van der Waals surface area contributed by atoms with Crippen LogP contribution in [-0.4, -0.2) is 55.2 Å². The lowest BCUT2D eigenvalue weighted by Crippen LogP contribution is -2.44. The third kappa shape index (κ3) is 6.64. The summed E-state index contributed by atoms with van der Waals surface area (Å²) in [5, 5.41) is 2.99. The van der Waals surface area contributed by atoms with Crippen molar-refractivity contribution in [2.75, 3.05) is 33.4 Å². The highest BCUT2D eigenvalue weighted by atomic mass is 16.5. The number of carbonyl (C=O) groups excluding carboxylic acids is 1. The summed E-state index contributed by atoms with van der Waals surface area (Å²) in [5.41, 5.74) is 6.24. The first-order chi connectivity index (χ1) is 14.4. The van der Waals surface area contributed by atoms with Crippen LogP contribution in [0.15, 0.2) is 36.4 Å². The van der Waals surface area contributed by atoms with E-state index in [2.05, 4.69) is 60.5 Å². The number of methoxy groups -OCH3 is 1. The number of aryl methyl sites for hydroxylation is 2. The van der Waals surface area contributed by atoms with E-state index in [1.165, 1.54) is 22.4 Å². The number of hydrogen-bond donors (Lipinski definition) is 1. The summed E-state index contributed by atoms with van der Waals surface area (Å²) >= 11 is 0. The van der Waals surface area contributed by atoms with Gasteiger partial charge in [-0.1, -0.05) is 29.8 Å². The molecule has 0 spiro atoms. The number of carbonyl (C=O) groups is 1. The van der Waals surface area contributed by atoms with E-state index in [9.17, 15) is 4.79 Å². The third-order valence-electron chi connectivity index (χ3n) is 5.76. The number of likely N-dealkylation sites (tertiary alicyclic amines) is 1. The molecule has 1 amide bonds. The number of aromatic nitrogens is 1. The lowest BCUT2D eigenvalue weighted by molar-refractivity contribution is -0.123. The Labute approximate surface area is 180 Å². The molecule has 1 aliphatic rings. The molecule has 3 rings (SSSR count). The van der Waals surface area contributed by atoms with Gasteiger partial charge in [-0.05, 0) is 76.4 Å². The zero-order chi connectivity index (χ0) is 21.5. The van der Waals surface area contributed by atoms with Gasteiger partial charge in [0, 0.05) is 30.5 Å². The molecular formula is C25H35N3O2. The molecule has 1 fully saturated rings. The minimum atomic E-state index is 0.0449. The lowest BCUT2D eigenvalue weighted by atomic mass is 9.91. The number of amides is 1. The van der Waals surface area contributed by atoms with Gasteiger partial charge in [-0.2, -0.15) is 0 Å². The van der Waals surface area contributed by atoms with Gasteiger partial charge < -0.3 is 10.1 Å². The summed E-state index contributed by atoms with van der Waals surface area (Å²) in [6, 6.07) is 13.3. The van der Waals surface area contributed by atoms with Gasteiger partial charge in [0.2, 0.25) is 5.91 Å². The second-order valence-corrected chi connectivity index (χ2v) is 8.68. The van der Waals surface area contributed by atoms with Gasteiger partial charge in [-0.25, -0.2) is 0 Å². The van der Waals surface area contributed by atoms with Crippen LogP contribution < -0.4 is 5.32 Å². The van der Waals surface area contributed by atoms with Crippen LogP contribution in [-0.2, 0) is 16.0 Å². The minimum Gasteiger partial charge on any atom is -0.383 e. The van der Waals surface area contributed by atoms with Crippen molar-refractivity contribution in [1.82, 2.24) is 15.2 Å². The Morgan fingerprint density at radius 3 is 2.53 bits per heavy atom. The number of rotatable bonds is 8. The van der Waals surface area contributed by atoms with E-state index in [0.29, 0.717) is 19.1 Å². The van der Waals surface area contributed by atoms with Gasteiger partial charge >= 0.3 is 0 Å². The van der Waals surface area contributed by atoms with Crippen molar-refractivity contribution in [3.63, 3.8) is 0 Å². The fraction of sp³-hybridized carbons (Fsp3) is 0.520. The highest BCUT2D eigenvalue weighted by molar-refractivity contribution is 5.78. The standard InChI is InChI=1S/C25H35N3O2/c1-18-5-7-21(8-6-18)14-22-13-19(2)26-24(15-22)23-9-11-28(12-10-23)16-25(29)27-20(3)17-30-4/h5-8,13,15,20,23H,9-12,14,16-17H2,1-4H3,(H,27,29)/t20-/m0/s1. The highest BCUT2D eigenvalue weighted by Gasteiger charge is 2.23. The van der Waals surface area contributed by atoms with E-state index in [-0.39, 0.29) is 11.9 Å². The monoisotopic (exact) mass is 409 g/mol. The van der Waals surface area contributed by atoms with Gasteiger partial charge in [-0.15, -0.1) is 0 Å². The van der Waals surface area contributed by atoms with Gasteiger partial charge in [0.1, 0.15) is 0 Å². The molecule has 1 aromatic carbocycles. The quantitative estimate of drug-likeness (QED) is 0.724. The van der Waals surface area contributed by atoms with Crippen molar-refractivity contribution >= 4 is 5.91 Å². The number of nitrogens with zero attached hydrogens (tertiary/aromatic N) is 2. The average Bonchev–Trinajstić information content (AvgIpc) is 2.70. The maximum Gasteiger partial charge on any atom is 0.234 e. The smallest absolute Gasteiger partial charge is 0.234 e. The molecule has 2 heterocycles. The van der Waals surface area contributed by atoms with Crippen LogP contribution in [0.3, 0.4) is 0 Å². The van der Waals surface area contributed by atoms with Crippen LogP contribution >= 0.6 is 0 Å². The van der Waals surface area contributed by atoms with Crippen LogP contribution in [0, 0.1) is 13.8 Å². The maximum absolute atomic E-state index is 12.2. The van der Waals surface area contributed by atoms with Crippen molar-refractivity contribution in [1.29, 1.82) is 0 Å². The van der Waals surface area contributed by atoms with E-state index in [4.69, 9.17) is 9.72 Å². The molecule has 0 radical (unpaired) electrons. The summed E-state index contributed by atoms with van der Waals surface area (Å²) in [6.45, 7) is 9.03. The Kier molecular flexibility index (Phi) is 8.00. The van der Waals surface area contributed by atoms with Crippen LogP contribution in [0.4, 0.5) is 0 Å². The van der Waals surface area contributed by atoms with Gasteiger partial charge in [0.25, 0.3) is 0 Å². The zero-order valence-electron chi connectivity index (χ0n) is 18.8. The Morgan fingerprint density at radius 1 is 1.17 bits per heavy atom. The van der Waals surface area contributed by atoms with Crippen LogP contribution in [0.1, 0.15) is 53.8 Å². The normalized spacial score (nSPS) is 16.4. The Hall–Kier alpha value is -2.24. The fourth-order valence-electron chi connectivity index (χ4n) is 4.22. The molecule has 1 aliphatic heterocycles. The number of benzene rings is 1. The first-order valence-corrected chi connectivity index (χ1v) is 11.0. The predicted octanol–water partition coefficient (Wildman–Crippen LogP) is 3.62. The molecule has 0 bridgehead atoms. The molecule has 0 unspecified atom stereocenters. The molecule has 0 saturated carbocycles. The third-order valence-corrected chi connectivity index (χ3v) is 5.76. The van der Waals surface area contributed by atoms with Crippen molar-refractivity contribution in [3.8, 4) is 0 Å². The Balaban J connectivity index is 1.55. The van der Waals surface area contributed by atoms with E-state index in [1.807, 2.05) is 6.92 Å². The summed E-state index contributed by atoms with van der Waals surface area (Å²) in [7, 11) is 1.65. The van der Waals surface area contributed by atoms with Crippen molar-refractivity contribution in [3.05, 3.63) is 64.5 Å². The second kappa shape index (κ2) is 10.7. The summed E-state index contributed by atoms with van der Waals surface area (Å²) in [6.07, 6.45) is 3.03. The van der Waals surface area contributed by atoms with Crippen LogP contribution in [0.2, 0.25) is 0 Å². The zero-order valence-corrected chi connectivity index (χ0v) is 18.8. The topological polar surface area (TPSA) is 54.5 Å². The molecule has 1 aromatic heterocycles. The van der Waals surface area contributed by atoms with E-state index in [0.717, 1.165) is 38.0 Å². The molecular weight excluding hydrogens is 374 g/mol. The number of ether oxygens (including phenoxy) is 1. The molecule has 5 nitrogen and oxygen atoms in total. The minimum absolute atomic E-state index is 0.0449. The van der Waals surface area contributed by atoms with E-state index in [1.54, 1.807) is 7.11 Å². The van der Waals surface area contributed by atoms with Gasteiger partial charge in [0.15, 0.2) is 0 Å². The molecule has 162 valence electrons. The highest BCUT2D eigenvalue weighted by Crippen LogP contribution is 2.28. The van der Waals surface area contributed by atoms with Gasteiger partial charge in [0.05, 0.1) is 13.2 Å². The van der Waals surface area contributed by atoms with Crippen molar-refractivity contribution in [2.45, 2.75) is 52.0 Å². The van der Waals surface area contributed by atoms with E-state index < -0.39 is 0 Å². The molecule has 1 atom stereocenters. The second-order valence-electron chi connectivity index (χ2n) is 8.68. The van der Waals surface area contributed by atoms with Crippen LogP contribution in [0.25, 0.3) is 0 Å². The van der Waals surface area contributed by atoms with Crippen molar-refractivity contribution in [2.24, 2.45) is 0 Å². The molecule has 2 aromatic rings. The molecule has 0 aliphatic carbocycles. The molecule has 5 heteroatoms. The Morgan fingerprint density at radius 2 is 1.87 bits per heavy atom. The first-order valence-electron chi connectivity index (χ1n) is 11.0. The van der Waals surface area contributed by atoms with Crippen molar-refractivity contribution < 1.29 is 9.53 Å². The molecule has 30 heavy (non-hydrogen) atoms. The number of hydrogen-bond acceptors (Lipinski definition) is 4. The summed E-state index contributed by atoms with van der Waals surface area (Å²) < 4.78 is 5.08. The summed E-state index contributed by atoms with van der Waals surface area (Å²) in [4.78, 5) is 19.3. The molecule has 1 saturated heterocycles. The number of pyridine rings is 1. The van der Waals surface area contributed by atoms with E-state index >= 15 is 0 Å². The Bertz CT molecular complexity index is 827. The molecule has 1 N–H and O–H groups in total. The average molecular weight is 410 g/mol. The largest absolute Gasteiger partial charge is 0.383 e. The SMILES string of the molecule is COC[C@H](C)NC(=O)CN1CCC(c2cc(Cc3ccc(C)cc3)cc(C)n2)CC1. The first kappa shape index (κ1) is 22.4. The fourth-order valence-corrected chi connectivity index (χ4v) is 4.22. The number of nitrogens with one attached hydrogen (secondary N) is 1.